The Morgan fingerprint density at radius 1 is 1.30 bits per heavy atom. The van der Waals surface area contributed by atoms with Crippen LogP contribution in [0.2, 0.25) is 0 Å². The van der Waals surface area contributed by atoms with E-state index in [1.54, 1.807) is 30.8 Å². The minimum Gasteiger partial charge on any atom is -0.382 e. The summed E-state index contributed by atoms with van der Waals surface area (Å²) >= 11 is 1.79. The molecule has 0 aliphatic rings. The highest BCUT2D eigenvalue weighted by Crippen LogP contribution is 2.19. The summed E-state index contributed by atoms with van der Waals surface area (Å²) in [6, 6.07) is 0. The first-order valence-corrected chi connectivity index (χ1v) is 8.90. The average Bonchev–Trinajstić information content (AvgIpc) is 2.48. The van der Waals surface area contributed by atoms with E-state index in [1.807, 2.05) is 6.92 Å². The van der Waals surface area contributed by atoms with Crippen molar-refractivity contribution >= 4 is 47.6 Å². The van der Waals surface area contributed by atoms with Gasteiger partial charge in [0.15, 0.2) is 5.96 Å². The first kappa shape index (κ1) is 25.0. The number of amides is 1. The van der Waals surface area contributed by atoms with Gasteiger partial charge in [0.2, 0.25) is 5.91 Å². The van der Waals surface area contributed by atoms with Gasteiger partial charge in [0, 0.05) is 45.1 Å². The number of ether oxygens (including phenoxy) is 1. The van der Waals surface area contributed by atoms with Crippen LogP contribution >= 0.6 is 35.7 Å². The number of guanidine groups is 1. The molecule has 0 aromatic heterocycles. The van der Waals surface area contributed by atoms with E-state index >= 15 is 0 Å². The molecule has 0 bridgehead atoms. The van der Waals surface area contributed by atoms with Crippen LogP contribution in [0.4, 0.5) is 0 Å². The normalized spacial score (nSPS) is 11.7. The lowest BCUT2D eigenvalue weighted by atomic mass is 10.2. The van der Waals surface area contributed by atoms with Crippen LogP contribution in [0, 0.1) is 0 Å². The van der Waals surface area contributed by atoms with Crippen molar-refractivity contribution in [2.75, 3.05) is 53.2 Å². The van der Waals surface area contributed by atoms with Crippen LogP contribution in [0.5, 0.6) is 0 Å². The van der Waals surface area contributed by atoms with E-state index in [0.717, 1.165) is 32.7 Å². The highest BCUT2D eigenvalue weighted by atomic mass is 127. The van der Waals surface area contributed by atoms with Gasteiger partial charge in [0.25, 0.3) is 0 Å². The number of thioether (sulfide) groups is 1. The number of nitrogens with one attached hydrogen (secondary N) is 2. The summed E-state index contributed by atoms with van der Waals surface area (Å²) in [5.74, 6) is 0.661. The molecule has 0 heterocycles. The van der Waals surface area contributed by atoms with Crippen molar-refractivity contribution in [1.82, 2.24) is 15.5 Å². The van der Waals surface area contributed by atoms with Crippen molar-refractivity contribution < 1.29 is 9.53 Å². The lowest BCUT2D eigenvalue weighted by Gasteiger charge is -2.24. The highest BCUT2D eigenvalue weighted by molar-refractivity contribution is 14.0. The Hall–Kier alpha value is -0.220. The molecule has 0 saturated heterocycles. The minimum atomic E-state index is -0.0143. The first-order chi connectivity index (χ1) is 10.3. The summed E-state index contributed by atoms with van der Waals surface area (Å²) in [5.41, 5.74) is 0. The number of rotatable bonds is 10. The monoisotopic (exact) mass is 460 g/mol. The SMILES string of the molecule is CCOCCCNC(=NCC(=O)N(C)C)NCC(C)(C)SC.I. The molecule has 0 spiro atoms. The zero-order valence-electron chi connectivity index (χ0n) is 15.3. The minimum absolute atomic E-state index is 0. The number of hydrogen-bond donors (Lipinski definition) is 2. The molecular weight excluding hydrogens is 427 g/mol. The van der Waals surface area contributed by atoms with Gasteiger partial charge in [-0.25, -0.2) is 4.99 Å². The van der Waals surface area contributed by atoms with Gasteiger partial charge in [0.1, 0.15) is 6.54 Å². The van der Waals surface area contributed by atoms with E-state index in [0.29, 0.717) is 5.96 Å². The fourth-order valence-corrected chi connectivity index (χ4v) is 1.57. The van der Waals surface area contributed by atoms with E-state index in [1.165, 1.54) is 0 Å². The maximum atomic E-state index is 11.7. The van der Waals surface area contributed by atoms with Crippen LogP contribution in [-0.4, -0.2) is 74.7 Å². The summed E-state index contributed by atoms with van der Waals surface area (Å²) in [6.07, 6.45) is 2.99. The zero-order valence-corrected chi connectivity index (χ0v) is 18.4. The number of carbonyl (C=O) groups is 1. The number of likely N-dealkylation sites (N-methyl/N-ethyl adjacent to an activating group) is 1. The molecule has 0 atom stereocenters. The van der Waals surface area contributed by atoms with Crippen LogP contribution in [-0.2, 0) is 9.53 Å². The fourth-order valence-electron chi connectivity index (χ4n) is 1.36. The molecule has 6 nitrogen and oxygen atoms in total. The summed E-state index contributed by atoms with van der Waals surface area (Å²) in [6.45, 7) is 9.48. The lowest BCUT2D eigenvalue weighted by molar-refractivity contribution is -0.127. The molecule has 0 rings (SSSR count). The standard InChI is InChI=1S/C15H32N4O2S.HI/c1-7-21-10-8-9-16-14(17-11-13(20)19(4)5)18-12-15(2,3)22-6;/h7-12H2,1-6H3,(H2,16,17,18);1H. The number of carbonyl (C=O) groups excluding carboxylic acids is 1. The molecule has 0 aromatic carbocycles. The molecule has 138 valence electrons. The van der Waals surface area contributed by atoms with Crippen molar-refractivity contribution in [3.63, 3.8) is 0 Å². The topological polar surface area (TPSA) is 66.0 Å². The van der Waals surface area contributed by atoms with Gasteiger partial charge in [-0.05, 0) is 33.4 Å². The Balaban J connectivity index is 0. The molecular formula is C15H33IN4O2S. The second-order valence-electron chi connectivity index (χ2n) is 5.75. The first-order valence-electron chi connectivity index (χ1n) is 7.67. The predicted octanol–water partition coefficient (Wildman–Crippen LogP) is 1.80. The van der Waals surface area contributed by atoms with Gasteiger partial charge in [-0.15, -0.1) is 24.0 Å². The van der Waals surface area contributed by atoms with Crippen molar-refractivity contribution in [1.29, 1.82) is 0 Å². The van der Waals surface area contributed by atoms with Crippen LogP contribution in [0.1, 0.15) is 27.2 Å². The number of hydrogen-bond acceptors (Lipinski definition) is 4. The van der Waals surface area contributed by atoms with Gasteiger partial charge in [0.05, 0.1) is 0 Å². The molecule has 0 saturated carbocycles. The fraction of sp³-hybridized carbons (Fsp3) is 0.867. The Morgan fingerprint density at radius 2 is 1.96 bits per heavy atom. The third-order valence-electron chi connectivity index (χ3n) is 3.07. The van der Waals surface area contributed by atoms with Gasteiger partial charge in [-0.2, -0.15) is 11.8 Å². The molecule has 0 radical (unpaired) electrons. The quantitative estimate of drug-likeness (QED) is 0.225. The molecule has 2 N–H and O–H groups in total. The van der Waals surface area contributed by atoms with Crippen molar-refractivity contribution in [2.24, 2.45) is 4.99 Å². The smallest absolute Gasteiger partial charge is 0.243 e. The highest BCUT2D eigenvalue weighted by Gasteiger charge is 2.16. The van der Waals surface area contributed by atoms with E-state index in [9.17, 15) is 4.79 Å². The van der Waals surface area contributed by atoms with Crippen molar-refractivity contribution in [3.8, 4) is 0 Å². The van der Waals surface area contributed by atoms with Gasteiger partial charge < -0.3 is 20.3 Å². The van der Waals surface area contributed by atoms with Crippen LogP contribution in [0.15, 0.2) is 4.99 Å². The third kappa shape index (κ3) is 13.9. The van der Waals surface area contributed by atoms with Crippen LogP contribution in [0.25, 0.3) is 0 Å². The largest absolute Gasteiger partial charge is 0.382 e. The molecule has 8 heteroatoms. The molecule has 0 unspecified atom stereocenters. The van der Waals surface area contributed by atoms with Gasteiger partial charge in [-0.1, -0.05) is 0 Å². The van der Waals surface area contributed by atoms with Crippen molar-refractivity contribution in [2.45, 2.75) is 31.9 Å². The lowest BCUT2D eigenvalue weighted by Crippen LogP contribution is -2.44. The van der Waals surface area contributed by atoms with Crippen LogP contribution in [0.3, 0.4) is 0 Å². The Morgan fingerprint density at radius 3 is 2.48 bits per heavy atom. The second kappa shape index (κ2) is 14.2. The molecule has 1 amide bonds. The molecule has 23 heavy (non-hydrogen) atoms. The average molecular weight is 460 g/mol. The van der Waals surface area contributed by atoms with Crippen molar-refractivity contribution in [3.05, 3.63) is 0 Å². The van der Waals surface area contributed by atoms with E-state index in [4.69, 9.17) is 4.74 Å². The summed E-state index contributed by atoms with van der Waals surface area (Å²) in [4.78, 5) is 17.6. The molecule has 0 aromatic rings. The van der Waals surface area contributed by atoms with Gasteiger partial charge in [-0.3, -0.25) is 4.79 Å². The Kier molecular flexibility index (Phi) is 15.4. The summed E-state index contributed by atoms with van der Waals surface area (Å²) < 4.78 is 5.42. The number of nitrogens with zero attached hydrogens (tertiary/aromatic N) is 2. The van der Waals surface area contributed by atoms with E-state index in [-0.39, 0.29) is 41.2 Å². The summed E-state index contributed by atoms with van der Waals surface area (Å²) in [7, 11) is 3.47. The number of halogens is 1. The maximum Gasteiger partial charge on any atom is 0.243 e. The molecule has 0 aliphatic heterocycles. The molecule has 0 aliphatic carbocycles. The maximum absolute atomic E-state index is 11.7. The van der Waals surface area contributed by atoms with Crippen LogP contribution < -0.4 is 10.6 Å². The zero-order chi connectivity index (χ0) is 17.0. The Labute approximate surface area is 162 Å². The Bertz CT molecular complexity index is 352. The second-order valence-corrected chi connectivity index (χ2v) is 7.26. The number of aliphatic imine (C=N–C) groups is 1. The predicted molar refractivity (Wildman–Crippen MR) is 111 cm³/mol. The van der Waals surface area contributed by atoms with E-state index < -0.39 is 0 Å². The third-order valence-corrected chi connectivity index (χ3v) is 4.32. The summed E-state index contributed by atoms with van der Waals surface area (Å²) in [5, 5.41) is 6.55. The van der Waals surface area contributed by atoms with E-state index in [2.05, 4.69) is 35.7 Å². The molecule has 0 fully saturated rings. The van der Waals surface area contributed by atoms with Gasteiger partial charge >= 0.3 is 0 Å².